The molecule has 0 atom stereocenters. The Labute approximate surface area is 82.9 Å². The van der Waals surface area contributed by atoms with Crippen LogP contribution in [-0.2, 0) is 0 Å². The van der Waals surface area contributed by atoms with Crippen LogP contribution in [0, 0.1) is 0 Å². The van der Waals surface area contributed by atoms with E-state index in [0.29, 0.717) is 0 Å². The van der Waals surface area contributed by atoms with Gasteiger partial charge in [0.15, 0.2) is 0 Å². The van der Waals surface area contributed by atoms with Gasteiger partial charge in [-0.25, -0.2) is 0 Å². The summed E-state index contributed by atoms with van der Waals surface area (Å²) in [5, 5.41) is 8.63. The van der Waals surface area contributed by atoms with Gasteiger partial charge in [0.2, 0.25) is 0 Å². The van der Waals surface area contributed by atoms with Crippen molar-refractivity contribution in [1.29, 1.82) is 0 Å². The third-order valence-electron chi connectivity index (χ3n) is 2.36. The van der Waals surface area contributed by atoms with E-state index in [-0.39, 0.29) is 6.61 Å². The molecule has 0 aliphatic carbocycles. The van der Waals surface area contributed by atoms with Crippen LogP contribution in [0.3, 0.4) is 0 Å². The van der Waals surface area contributed by atoms with E-state index in [0.717, 1.165) is 6.42 Å². The minimum atomic E-state index is 0.196. The quantitative estimate of drug-likeness (QED) is 0.451. The van der Waals surface area contributed by atoms with Gasteiger partial charge in [0.05, 0.1) is 6.61 Å². The summed E-state index contributed by atoms with van der Waals surface area (Å²) in [4.78, 5) is 0. The summed E-state index contributed by atoms with van der Waals surface area (Å²) in [6, 6.07) is 0. The van der Waals surface area contributed by atoms with Crippen molar-refractivity contribution < 1.29 is 5.11 Å². The standard InChI is InChI=1S/C12H24O/c1-3-4-5-6-7-8-9-12(2)10-11-13/h10,13H,3-9,11H2,1-2H3. The van der Waals surface area contributed by atoms with Crippen molar-refractivity contribution in [2.75, 3.05) is 6.61 Å². The van der Waals surface area contributed by atoms with Crippen molar-refractivity contribution in [1.82, 2.24) is 0 Å². The number of unbranched alkanes of at least 4 members (excludes halogenated alkanes) is 5. The molecule has 1 heteroatoms. The fourth-order valence-electron chi connectivity index (χ4n) is 1.44. The van der Waals surface area contributed by atoms with Gasteiger partial charge in [0.1, 0.15) is 0 Å². The molecular weight excluding hydrogens is 160 g/mol. The molecule has 0 amide bonds. The van der Waals surface area contributed by atoms with E-state index in [9.17, 15) is 0 Å². The summed E-state index contributed by atoms with van der Waals surface area (Å²) in [5.41, 5.74) is 1.33. The van der Waals surface area contributed by atoms with Gasteiger partial charge in [-0.2, -0.15) is 0 Å². The number of aliphatic hydroxyl groups is 1. The SMILES string of the molecule is CCCCCCCCC(C)=CCO. The number of hydrogen-bond donors (Lipinski definition) is 1. The van der Waals surface area contributed by atoms with Gasteiger partial charge in [-0.15, -0.1) is 0 Å². The van der Waals surface area contributed by atoms with Crippen LogP contribution in [0.4, 0.5) is 0 Å². The minimum absolute atomic E-state index is 0.196. The molecule has 0 aliphatic rings. The Hall–Kier alpha value is -0.300. The molecule has 0 rings (SSSR count). The lowest BCUT2D eigenvalue weighted by Crippen LogP contribution is -1.83. The topological polar surface area (TPSA) is 20.2 Å². The molecule has 0 aromatic heterocycles. The van der Waals surface area contributed by atoms with Crippen molar-refractivity contribution in [2.45, 2.75) is 58.8 Å². The Kier molecular flexibility index (Phi) is 9.56. The van der Waals surface area contributed by atoms with Crippen molar-refractivity contribution in [3.05, 3.63) is 11.6 Å². The first kappa shape index (κ1) is 12.7. The molecule has 0 radical (unpaired) electrons. The number of aliphatic hydroxyl groups excluding tert-OH is 1. The van der Waals surface area contributed by atoms with E-state index in [1.54, 1.807) is 0 Å². The monoisotopic (exact) mass is 184 g/mol. The molecule has 0 saturated carbocycles. The van der Waals surface area contributed by atoms with Crippen LogP contribution in [0.2, 0.25) is 0 Å². The first-order valence-electron chi connectivity index (χ1n) is 5.57. The average molecular weight is 184 g/mol. The van der Waals surface area contributed by atoms with E-state index >= 15 is 0 Å². The molecule has 1 nitrogen and oxygen atoms in total. The molecule has 78 valence electrons. The van der Waals surface area contributed by atoms with Crippen LogP contribution in [0.15, 0.2) is 11.6 Å². The van der Waals surface area contributed by atoms with Crippen LogP contribution >= 0.6 is 0 Å². The van der Waals surface area contributed by atoms with Crippen molar-refractivity contribution in [3.8, 4) is 0 Å². The number of rotatable bonds is 8. The van der Waals surface area contributed by atoms with Gasteiger partial charge in [0.25, 0.3) is 0 Å². The normalized spacial score (nSPS) is 12.1. The fourth-order valence-corrected chi connectivity index (χ4v) is 1.44. The van der Waals surface area contributed by atoms with Crippen molar-refractivity contribution in [2.24, 2.45) is 0 Å². The maximum atomic E-state index is 8.63. The summed E-state index contributed by atoms with van der Waals surface area (Å²) in [5.74, 6) is 0. The molecule has 0 bridgehead atoms. The number of allylic oxidation sites excluding steroid dienone is 1. The smallest absolute Gasteiger partial charge is 0.0614 e. The Morgan fingerprint density at radius 2 is 1.69 bits per heavy atom. The lowest BCUT2D eigenvalue weighted by atomic mass is 10.1. The van der Waals surface area contributed by atoms with E-state index in [2.05, 4.69) is 13.8 Å². The molecule has 0 aromatic rings. The van der Waals surface area contributed by atoms with Crippen LogP contribution in [0.5, 0.6) is 0 Å². The first-order valence-corrected chi connectivity index (χ1v) is 5.57. The van der Waals surface area contributed by atoms with Crippen LogP contribution in [0.25, 0.3) is 0 Å². The fraction of sp³-hybridized carbons (Fsp3) is 0.833. The van der Waals surface area contributed by atoms with Gasteiger partial charge in [-0.05, 0) is 19.8 Å². The highest BCUT2D eigenvalue weighted by atomic mass is 16.2. The minimum Gasteiger partial charge on any atom is -0.392 e. The Morgan fingerprint density at radius 3 is 2.31 bits per heavy atom. The molecule has 0 aromatic carbocycles. The van der Waals surface area contributed by atoms with Gasteiger partial charge >= 0.3 is 0 Å². The van der Waals surface area contributed by atoms with Crippen molar-refractivity contribution in [3.63, 3.8) is 0 Å². The lowest BCUT2D eigenvalue weighted by Gasteiger charge is -2.01. The summed E-state index contributed by atoms with van der Waals surface area (Å²) in [6.07, 6.45) is 11.2. The van der Waals surface area contributed by atoms with E-state index < -0.39 is 0 Å². The largest absolute Gasteiger partial charge is 0.392 e. The molecule has 13 heavy (non-hydrogen) atoms. The van der Waals surface area contributed by atoms with E-state index in [1.165, 1.54) is 44.1 Å². The Morgan fingerprint density at radius 1 is 1.08 bits per heavy atom. The maximum absolute atomic E-state index is 8.63. The summed E-state index contributed by atoms with van der Waals surface area (Å²) in [6.45, 7) is 4.54. The molecule has 0 aliphatic heterocycles. The molecule has 0 heterocycles. The van der Waals surface area contributed by atoms with Gasteiger partial charge < -0.3 is 5.11 Å². The summed E-state index contributed by atoms with van der Waals surface area (Å²) < 4.78 is 0. The first-order chi connectivity index (χ1) is 6.31. The third kappa shape index (κ3) is 9.62. The molecule has 1 N–H and O–H groups in total. The Bertz CT molecular complexity index is 127. The number of hydrogen-bond acceptors (Lipinski definition) is 1. The Balaban J connectivity index is 3.11. The van der Waals surface area contributed by atoms with Crippen LogP contribution in [0.1, 0.15) is 58.8 Å². The van der Waals surface area contributed by atoms with Crippen molar-refractivity contribution >= 4 is 0 Å². The van der Waals surface area contributed by atoms with E-state index in [1.807, 2.05) is 6.08 Å². The molecule has 0 saturated heterocycles. The second-order valence-electron chi connectivity index (χ2n) is 3.75. The molecule has 0 fully saturated rings. The molecule has 0 unspecified atom stereocenters. The second kappa shape index (κ2) is 9.79. The summed E-state index contributed by atoms with van der Waals surface area (Å²) >= 11 is 0. The van der Waals surface area contributed by atoms with Gasteiger partial charge in [-0.3, -0.25) is 0 Å². The summed E-state index contributed by atoms with van der Waals surface area (Å²) in [7, 11) is 0. The highest BCUT2D eigenvalue weighted by molar-refractivity contribution is 4.97. The second-order valence-corrected chi connectivity index (χ2v) is 3.75. The molecule has 0 spiro atoms. The van der Waals surface area contributed by atoms with Crippen LogP contribution in [-0.4, -0.2) is 11.7 Å². The zero-order valence-electron chi connectivity index (χ0n) is 9.18. The predicted molar refractivity (Wildman–Crippen MR) is 58.8 cm³/mol. The van der Waals surface area contributed by atoms with E-state index in [4.69, 9.17) is 5.11 Å². The predicted octanol–water partition coefficient (Wildman–Crippen LogP) is 3.68. The molecular formula is C12H24O. The van der Waals surface area contributed by atoms with Gasteiger partial charge in [-0.1, -0.05) is 50.7 Å². The highest BCUT2D eigenvalue weighted by Gasteiger charge is 1.91. The maximum Gasteiger partial charge on any atom is 0.0614 e. The van der Waals surface area contributed by atoms with Gasteiger partial charge in [0, 0.05) is 0 Å². The third-order valence-corrected chi connectivity index (χ3v) is 2.36. The zero-order valence-corrected chi connectivity index (χ0v) is 9.18. The highest BCUT2D eigenvalue weighted by Crippen LogP contribution is 2.10. The zero-order chi connectivity index (χ0) is 9.94. The lowest BCUT2D eigenvalue weighted by molar-refractivity contribution is 0.341. The van der Waals surface area contributed by atoms with Crippen LogP contribution < -0.4 is 0 Å². The average Bonchev–Trinajstić information content (AvgIpc) is 2.11.